The normalized spacial score (nSPS) is 11.9. The van der Waals surface area contributed by atoms with Crippen molar-refractivity contribution >= 4 is 21.8 Å². The summed E-state index contributed by atoms with van der Waals surface area (Å²) in [6, 6.07) is 9.41. The minimum absolute atomic E-state index is 0.0133. The zero-order valence-corrected chi connectivity index (χ0v) is 12.9. The summed E-state index contributed by atoms with van der Waals surface area (Å²) in [6.45, 7) is 1.96. The van der Waals surface area contributed by atoms with Crippen molar-refractivity contribution in [2.24, 2.45) is 0 Å². The van der Waals surface area contributed by atoms with Crippen LogP contribution in [-0.4, -0.2) is 19.1 Å². The fraction of sp³-hybridized carbons (Fsp3) is 0.267. The van der Waals surface area contributed by atoms with E-state index in [-0.39, 0.29) is 11.9 Å². The lowest BCUT2D eigenvalue weighted by Crippen LogP contribution is -2.34. The maximum Gasteiger partial charge on any atom is 0.255 e. The fourth-order valence-corrected chi connectivity index (χ4v) is 2.43. The van der Waals surface area contributed by atoms with Crippen LogP contribution in [0.25, 0.3) is 0 Å². The number of benzene rings is 1. The Kier molecular flexibility index (Phi) is 4.84. The Hall–Kier alpha value is -1.75. The molecule has 4 nitrogen and oxygen atoms in total. The number of nitrogens with one attached hydrogen (secondary N) is 1. The van der Waals surface area contributed by atoms with Crippen molar-refractivity contribution in [1.29, 1.82) is 0 Å². The molecule has 1 heterocycles. The summed E-state index contributed by atoms with van der Waals surface area (Å²) in [5, 5.41) is 2.94. The van der Waals surface area contributed by atoms with Crippen LogP contribution in [0.4, 0.5) is 0 Å². The van der Waals surface area contributed by atoms with E-state index in [1.54, 1.807) is 13.2 Å². The molecule has 0 bridgehead atoms. The average molecular weight is 338 g/mol. The number of para-hydroxylation sites is 1. The first-order valence-corrected chi connectivity index (χ1v) is 7.07. The predicted octanol–water partition coefficient (Wildman–Crippen LogP) is 3.41. The smallest absolute Gasteiger partial charge is 0.255 e. The van der Waals surface area contributed by atoms with Crippen LogP contribution in [0.5, 0.6) is 5.75 Å². The van der Waals surface area contributed by atoms with Gasteiger partial charge in [0.05, 0.1) is 18.9 Å². The summed E-state index contributed by atoms with van der Waals surface area (Å²) in [5.74, 6) is 0.672. The van der Waals surface area contributed by atoms with E-state index in [0.29, 0.717) is 16.7 Å². The van der Waals surface area contributed by atoms with Gasteiger partial charge in [-0.1, -0.05) is 18.2 Å². The molecule has 0 radical (unpaired) electrons. The Morgan fingerprint density at radius 1 is 1.40 bits per heavy atom. The molecule has 106 valence electrons. The Labute approximate surface area is 126 Å². The highest BCUT2D eigenvalue weighted by Crippen LogP contribution is 2.20. The van der Waals surface area contributed by atoms with E-state index in [1.807, 2.05) is 31.2 Å². The minimum Gasteiger partial charge on any atom is -0.496 e. The summed E-state index contributed by atoms with van der Waals surface area (Å²) < 4.78 is 10.8. The van der Waals surface area contributed by atoms with Crippen LogP contribution in [0.2, 0.25) is 0 Å². The highest BCUT2D eigenvalue weighted by molar-refractivity contribution is 9.10. The first-order chi connectivity index (χ1) is 9.61. The molecule has 5 heteroatoms. The van der Waals surface area contributed by atoms with Gasteiger partial charge >= 0.3 is 0 Å². The van der Waals surface area contributed by atoms with Crippen LogP contribution in [0, 0.1) is 0 Å². The molecular formula is C15H16BrNO3. The number of hydrogen-bond acceptors (Lipinski definition) is 3. The number of ether oxygens (including phenoxy) is 1. The molecule has 20 heavy (non-hydrogen) atoms. The van der Waals surface area contributed by atoms with Gasteiger partial charge in [-0.2, -0.15) is 0 Å². The molecule has 2 aromatic rings. The number of halogens is 1. The summed E-state index contributed by atoms with van der Waals surface area (Å²) >= 11 is 3.20. The number of carbonyl (C=O) groups excluding carboxylic acids is 1. The molecule has 1 atom stereocenters. The molecule has 0 fully saturated rings. The van der Waals surface area contributed by atoms with Crippen molar-refractivity contribution < 1.29 is 13.9 Å². The van der Waals surface area contributed by atoms with E-state index in [1.165, 1.54) is 6.26 Å². The monoisotopic (exact) mass is 337 g/mol. The van der Waals surface area contributed by atoms with Gasteiger partial charge in [0.25, 0.3) is 5.91 Å². The van der Waals surface area contributed by atoms with Crippen molar-refractivity contribution in [3.8, 4) is 5.75 Å². The van der Waals surface area contributed by atoms with Gasteiger partial charge in [-0.15, -0.1) is 0 Å². The summed E-state index contributed by atoms with van der Waals surface area (Å²) in [5.41, 5.74) is 1.56. The first-order valence-electron chi connectivity index (χ1n) is 6.27. The molecule has 0 aliphatic carbocycles. The van der Waals surface area contributed by atoms with E-state index < -0.39 is 0 Å². The molecule has 1 aromatic carbocycles. The summed E-state index contributed by atoms with van der Waals surface area (Å²) in [7, 11) is 1.64. The van der Waals surface area contributed by atoms with Gasteiger partial charge < -0.3 is 14.5 Å². The maximum atomic E-state index is 12.0. The number of methoxy groups -OCH3 is 1. The second-order valence-corrected chi connectivity index (χ2v) is 5.22. The lowest BCUT2D eigenvalue weighted by Gasteiger charge is -2.15. The van der Waals surface area contributed by atoms with Crippen LogP contribution < -0.4 is 10.1 Å². The molecule has 0 spiro atoms. The van der Waals surface area contributed by atoms with Gasteiger partial charge in [0.15, 0.2) is 4.67 Å². The van der Waals surface area contributed by atoms with Gasteiger partial charge in [0.2, 0.25) is 0 Å². The molecule has 1 unspecified atom stereocenters. The van der Waals surface area contributed by atoms with Gasteiger partial charge in [0, 0.05) is 6.04 Å². The molecule has 1 N–H and O–H groups in total. The first kappa shape index (κ1) is 14.7. The standard InChI is InChI=1S/C15H16BrNO3/c1-10(9-11-5-3-4-6-13(11)19-2)17-15(18)12-7-8-20-14(12)16/h3-8,10H,9H2,1-2H3,(H,17,18). The Bertz CT molecular complexity index is 594. The third-order valence-corrected chi connectivity index (χ3v) is 3.57. The topological polar surface area (TPSA) is 51.5 Å². The van der Waals surface area contributed by atoms with Crippen molar-refractivity contribution in [1.82, 2.24) is 5.32 Å². The number of amides is 1. The Balaban J connectivity index is 2.01. The third-order valence-electron chi connectivity index (χ3n) is 2.96. The predicted molar refractivity (Wildman–Crippen MR) is 80.0 cm³/mol. The van der Waals surface area contributed by atoms with Crippen molar-refractivity contribution in [2.75, 3.05) is 7.11 Å². The SMILES string of the molecule is COc1ccccc1CC(C)NC(=O)c1ccoc1Br. The van der Waals surface area contributed by atoms with Crippen LogP contribution in [0.3, 0.4) is 0 Å². The van der Waals surface area contributed by atoms with E-state index in [9.17, 15) is 4.79 Å². The molecule has 0 aliphatic heterocycles. The van der Waals surface area contributed by atoms with Crippen LogP contribution in [-0.2, 0) is 6.42 Å². The maximum absolute atomic E-state index is 12.0. The molecular weight excluding hydrogens is 322 g/mol. The van der Waals surface area contributed by atoms with Crippen LogP contribution in [0.1, 0.15) is 22.8 Å². The van der Waals surface area contributed by atoms with E-state index in [4.69, 9.17) is 9.15 Å². The van der Waals surface area contributed by atoms with E-state index in [0.717, 1.165) is 11.3 Å². The highest BCUT2D eigenvalue weighted by Gasteiger charge is 2.16. The van der Waals surface area contributed by atoms with Gasteiger partial charge in [0.1, 0.15) is 5.75 Å². The van der Waals surface area contributed by atoms with Gasteiger partial charge in [-0.05, 0) is 47.0 Å². The third kappa shape index (κ3) is 3.42. The average Bonchev–Trinajstić information content (AvgIpc) is 2.85. The highest BCUT2D eigenvalue weighted by atomic mass is 79.9. The molecule has 0 saturated carbocycles. The summed E-state index contributed by atoms with van der Waals surface area (Å²) in [4.78, 5) is 12.0. The van der Waals surface area contributed by atoms with E-state index >= 15 is 0 Å². The minimum atomic E-state index is -0.159. The molecule has 0 aliphatic rings. The van der Waals surface area contributed by atoms with Crippen molar-refractivity contribution in [3.05, 3.63) is 52.4 Å². The lowest BCUT2D eigenvalue weighted by atomic mass is 10.1. The quantitative estimate of drug-likeness (QED) is 0.909. The summed E-state index contributed by atoms with van der Waals surface area (Å²) in [6.07, 6.45) is 2.18. The zero-order valence-electron chi connectivity index (χ0n) is 11.4. The fourth-order valence-electron chi connectivity index (χ4n) is 2.01. The lowest BCUT2D eigenvalue weighted by molar-refractivity contribution is 0.0938. The van der Waals surface area contributed by atoms with E-state index in [2.05, 4.69) is 21.2 Å². The number of rotatable bonds is 5. The molecule has 1 aromatic heterocycles. The largest absolute Gasteiger partial charge is 0.496 e. The second-order valence-electron chi connectivity index (χ2n) is 4.50. The molecule has 0 saturated heterocycles. The van der Waals surface area contributed by atoms with Gasteiger partial charge in [-0.3, -0.25) is 4.79 Å². The molecule has 2 rings (SSSR count). The molecule has 1 amide bonds. The number of hydrogen-bond donors (Lipinski definition) is 1. The van der Waals surface area contributed by atoms with Crippen molar-refractivity contribution in [2.45, 2.75) is 19.4 Å². The number of carbonyl (C=O) groups is 1. The second kappa shape index (κ2) is 6.61. The Morgan fingerprint density at radius 3 is 2.80 bits per heavy atom. The van der Waals surface area contributed by atoms with Crippen molar-refractivity contribution in [3.63, 3.8) is 0 Å². The van der Waals surface area contributed by atoms with Gasteiger partial charge in [-0.25, -0.2) is 0 Å². The Morgan fingerprint density at radius 2 is 2.15 bits per heavy atom. The number of furan rings is 1. The zero-order chi connectivity index (χ0) is 14.5. The van der Waals surface area contributed by atoms with Crippen LogP contribution >= 0.6 is 15.9 Å². The van der Waals surface area contributed by atoms with Crippen LogP contribution in [0.15, 0.2) is 45.7 Å².